The molecule has 2 atom stereocenters. The van der Waals surface area contributed by atoms with Crippen molar-refractivity contribution in [2.24, 2.45) is 0 Å². The summed E-state index contributed by atoms with van der Waals surface area (Å²) in [7, 11) is 0. The zero-order valence-electron chi connectivity index (χ0n) is 16.0. The van der Waals surface area contributed by atoms with Crippen molar-refractivity contribution in [2.45, 2.75) is 63.5 Å². The molecule has 1 saturated carbocycles. The molecule has 1 N–H and O–H groups in total. The lowest BCUT2D eigenvalue weighted by molar-refractivity contribution is 0.109. The summed E-state index contributed by atoms with van der Waals surface area (Å²) >= 11 is 0. The number of hydrogen-bond acceptors (Lipinski definition) is 2. The third-order valence-corrected chi connectivity index (χ3v) is 6.38. The third-order valence-electron chi connectivity index (χ3n) is 6.38. The number of piperidine rings is 1. The highest BCUT2D eigenvalue weighted by molar-refractivity contribution is 5.45. The lowest BCUT2D eigenvalue weighted by atomic mass is 9.78. The van der Waals surface area contributed by atoms with E-state index in [4.69, 9.17) is 0 Å². The predicted molar refractivity (Wildman–Crippen MR) is 111 cm³/mol. The van der Waals surface area contributed by atoms with Crippen molar-refractivity contribution in [2.75, 3.05) is 18.4 Å². The Bertz CT molecular complexity index is 671. The fourth-order valence-electron chi connectivity index (χ4n) is 4.90. The third kappa shape index (κ3) is 4.12. The highest BCUT2D eigenvalue weighted by Gasteiger charge is 2.33. The molecular formula is C24H32N2. The molecule has 0 aromatic heterocycles. The first-order valence-electron chi connectivity index (χ1n) is 10.4. The summed E-state index contributed by atoms with van der Waals surface area (Å²) in [5.41, 5.74) is 4.15. The van der Waals surface area contributed by atoms with Crippen LogP contribution in [0.1, 0.15) is 55.6 Å². The monoisotopic (exact) mass is 348 g/mol. The van der Waals surface area contributed by atoms with Gasteiger partial charge in [-0.25, -0.2) is 0 Å². The second-order valence-electron chi connectivity index (χ2n) is 8.19. The quantitative estimate of drug-likeness (QED) is 0.774. The van der Waals surface area contributed by atoms with Crippen molar-refractivity contribution >= 4 is 5.69 Å². The number of rotatable bonds is 4. The molecule has 0 radical (unpaired) electrons. The molecule has 0 spiro atoms. The van der Waals surface area contributed by atoms with Crippen molar-refractivity contribution < 1.29 is 0 Å². The molecule has 2 heteroatoms. The lowest BCUT2D eigenvalue weighted by Crippen LogP contribution is -2.47. The van der Waals surface area contributed by atoms with E-state index in [1.807, 2.05) is 0 Å². The highest BCUT2D eigenvalue weighted by atomic mass is 15.2. The van der Waals surface area contributed by atoms with E-state index in [9.17, 15) is 0 Å². The Morgan fingerprint density at radius 1 is 0.808 bits per heavy atom. The van der Waals surface area contributed by atoms with Crippen LogP contribution >= 0.6 is 0 Å². The Morgan fingerprint density at radius 2 is 1.50 bits per heavy atom. The molecule has 2 fully saturated rings. The molecule has 0 bridgehead atoms. The summed E-state index contributed by atoms with van der Waals surface area (Å²) < 4.78 is 0. The molecule has 1 heterocycles. The average molecular weight is 349 g/mol. The standard InChI is InChI=1S/C24H32N2/c1-19-11-13-21(14-12-19)25-22-15-17-26(18-16-22)24-10-6-5-9-23(24)20-7-3-2-4-8-20/h2-4,7-8,11-14,22-25H,5-6,9-10,15-18H2,1H3. The molecule has 2 nitrogen and oxygen atoms in total. The number of hydrogen-bond donors (Lipinski definition) is 1. The number of likely N-dealkylation sites (tertiary alicyclic amines) is 1. The van der Waals surface area contributed by atoms with Gasteiger partial charge in [0.25, 0.3) is 0 Å². The second kappa shape index (κ2) is 8.26. The van der Waals surface area contributed by atoms with Gasteiger partial charge in [-0.2, -0.15) is 0 Å². The summed E-state index contributed by atoms with van der Waals surface area (Å²) in [6.45, 7) is 4.62. The van der Waals surface area contributed by atoms with Crippen LogP contribution in [0.15, 0.2) is 54.6 Å². The van der Waals surface area contributed by atoms with Crippen molar-refractivity contribution in [3.05, 3.63) is 65.7 Å². The maximum Gasteiger partial charge on any atom is 0.0342 e. The van der Waals surface area contributed by atoms with Gasteiger partial charge < -0.3 is 5.32 Å². The van der Waals surface area contributed by atoms with Crippen LogP contribution in [0.2, 0.25) is 0 Å². The van der Waals surface area contributed by atoms with E-state index < -0.39 is 0 Å². The zero-order chi connectivity index (χ0) is 17.8. The van der Waals surface area contributed by atoms with Gasteiger partial charge in [-0.15, -0.1) is 0 Å². The first-order chi connectivity index (χ1) is 12.8. The summed E-state index contributed by atoms with van der Waals surface area (Å²) in [4.78, 5) is 2.80. The fourth-order valence-corrected chi connectivity index (χ4v) is 4.90. The molecule has 1 aliphatic heterocycles. The van der Waals surface area contributed by atoms with Gasteiger partial charge in [0, 0.05) is 30.9 Å². The molecular weight excluding hydrogens is 316 g/mol. The van der Waals surface area contributed by atoms with Gasteiger partial charge in [0.05, 0.1) is 0 Å². The van der Waals surface area contributed by atoms with Crippen LogP contribution in [0.25, 0.3) is 0 Å². The first kappa shape index (κ1) is 17.6. The van der Waals surface area contributed by atoms with Gasteiger partial charge in [0.2, 0.25) is 0 Å². The Kier molecular flexibility index (Phi) is 5.59. The molecule has 138 valence electrons. The van der Waals surface area contributed by atoms with Crippen LogP contribution in [-0.2, 0) is 0 Å². The average Bonchev–Trinajstić information content (AvgIpc) is 2.71. The predicted octanol–water partition coefficient (Wildman–Crippen LogP) is 5.60. The minimum atomic E-state index is 0.618. The van der Waals surface area contributed by atoms with Gasteiger partial charge in [0.1, 0.15) is 0 Å². The molecule has 26 heavy (non-hydrogen) atoms. The van der Waals surface area contributed by atoms with Crippen LogP contribution in [-0.4, -0.2) is 30.1 Å². The maximum absolute atomic E-state index is 3.75. The molecule has 2 aliphatic rings. The lowest BCUT2D eigenvalue weighted by Gasteiger charge is -2.44. The zero-order valence-corrected chi connectivity index (χ0v) is 16.0. The molecule has 4 rings (SSSR count). The second-order valence-corrected chi connectivity index (χ2v) is 8.19. The van der Waals surface area contributed by atoms with Crippen LogP contribution < -0.4 is 5.32 Å². The van der Waals surface area contributed by atoms with Gasteiger partial charge in [0.15, 0.2) is 0 Å². The van der Waals surface area contributed by atoms with E-state index in [2.05, 4.69) is 71.7 Å². The number of anilines is 1. The van der Waals surface area contributed by atoms with Gasteiger partial charge in [-0.05, 0) is 56.2 Å². The number of nitrogens with zero attached hydrogens (tertiary/aromatic N) is 1. The molecule has 2 unspecified atom stereocenters. The van der Waals surface area contributed by atoms with E-state index in [0.29, 0.717) is 6.04 Å². The molecule has 1 aliphatic carbocycles. The van der Waals surface area contributed by atoms with E-state index in [-0.39, 0.29) is 0 Å². The topological polar surface area (TPSA) is 15.3 Å². The Hall–Kier alpha value is -1.80. The number of benzene rings is 2. The summed E-state index contributed by atoms with van der Waals surface area (Å²) in [5, 5.41) is 3.75. The van der Waals surface area contributed by atoms with Gasteiger partial charge >= 0.3 is 0 Å². The van der Waals surface area contributed by atoms with E-state index >= 15 is 0 Å². The first-order valence-corrected chi connectivity index (χ1v) is 10.4. The molecule has 1 saturated heterocycles. The minimum absolute atomic E-state index is 0.618. The summed E-state index contributed by atoms with van der Waals surface area (Å²) in [6.07, 6.45) is 8.03. The van der Waals surface area contributed by atoms with Crippen molar-refractivity contribution in [1.29, 1.82) is 0 Å². The normalized spacial score (nSPS) is 25.1. The molecule has 2 aromatic carbocycles. The van der Waals surface area contributed by atoms with Crippen molar-refractivity contribution in [3.8, 4) is 0 Å². The number of nitrogens with one attached hydrogen (secondary N) is 1. The SMILES string of the molecule is Cc1ccc(NC2CCN(C3CCCCC3c3ccccc3)CC2)cc1. The summed E-state index contributed by atoms with van der Waals surface area (Å²) in [6, 6.07) is 21.4. The minimum Gasteiger partial charge on any atom is -0.382 e. The Balaban J connectivity index is 1.36. The van der Waals surface area contributed by atoms with Crippen LogP contribution in [0, 0.1) is 6.92 Å². The van der Waals surface area contributed by atoms with Crippen LogP contribution in [0.4, 0.5) is 5.69 Å². The number of aryl methyl sites for hydroxylation is 1. The fraction of sp³-hybridized carbons (Fsp3) is 0.500. The van der Waals surface area contributed by atoms with E-state index in [0.717, 1.165) is 12.0 Å². The van der Waals surface area contributed by atoms with Crippen LogP contribution in [0.5, 0.6) is 0 Å². The summed E-state index contributed by atoms with van der Waals surface area (Å²) in [5.74, 6) is 0.728. The molecule has 0 amide bonds. The van der Waals surface area contributed by atoms with E-state index in [1.54, 1.807) is 5.56 Å². The maximum atomic E-state index is 3.75. The Labute approximate surface area is 158 Å². The smallest absolute Gasteiger partial charge is 0.0342 e. The Morgan fingerprint density at radius 3 is 2.23 bits per heavy atom. The van der Waals surface area contributed by atoms with Crippen molar-refractivity contribution in [1.82, 2.24) is 4.90 Å². The highest BCUT2D eigenvalue weighted by Crippen LogP contribution is 2.37. The van der Waals surface area contributed by atoms with E-state index in [1.165, 1.54) is 62.9 Å². The van der Waals surface area contributed by atoms with Gasteiger partial charge in [-0.1, -0.05) is 60.9 Å². The molecule has 2 aromatic rings. The van der Waals surface area contributed by atoms with Gasteiger partial charge in [-0.3, -0.25) is 4.90 Å². The van der Waals surface area contributed by atoms with Crippen LogP contribution in [0.3, 0.4) is 0 Å². The largest absolute Gasteiger partial charge is 0.382 e. The van der Waals surface area contributed by atoms with Crippen molar-refractivity contribution in [3.63, 3.8) is 0 Å².